The summed E-state index contributed by atoms with van der Waals surface area (Å²) in [5.74, 6) is -0.562. The van der Waals surface area contributed by atoms with Gasteiger partial charge < -0.3 is 4.74 Å². The molecule has 0 bridgehead atoms. The number of fused-ring (bicyclic) bond motifs is 1. The van der Waals surface area contributed by atoms with Gasteiger partial charge in [0, 0.05) is 5.69 Å². The zero-order chi connectivity index (χ0) is 22.2. The number of amides is 2. The minimum absolute atomic E-state index is 0.0374. The van der Waals surface area contributed by atoms with Crippen molar-refractivity contribution in [3.63, 3.8) is 0 Å². The van der Waals surface area contributed by atoms with E-state index in [0.717, 1.165) is 31.2 Å². The van der Waals surface area contributed by atoms with Gasteiger partial charge in [-0.3, -0.25) is 19.2 Å². The highest BCUT2D eigenvalue weighted by Gasteiger charge is 2.47. The summed E-state index contributed by atoms with van der Waals surface area (Å²) in [6, 6.07) is 11.7. The van der Waals surface area contributed by atoms with Crippen molar-refractivity contribution >= 4 is 27.5 Å². The number of carbonyl (C=O) groups excluding carboxylic acids is 2. The molecule has 1 saturated carbocycles. The molecule has 1 aliphatic carbocycles. The molecular formula is C23H26N2O5S. The van der Waals surface area contributed by atoms with Gasteiger partial charge in [0.15, 0.2) is 0 Å². The summed E-state index contributed by atoms with van der Waals surface area (Å²) in [5.41, 5.74) is 2.01. The van der Waals surface area contributed by atoms with E-state index in [9.17, 15) is 18.0 Å². The molecule has 2 unspecified atom stereocenters. The van der Waals surface area contributed by atoms with Crippen molar-refractivity contribution in [1.82, 2.24) is 4.90 Å². The number of carbonyl (C=O) groups is 2. The Balaban J connectivity index is 1.61. The lowest BCUT2D eigenvalue weighted by Crippen LogP contribution is -2.30. The Hall–Kier alpha value is -2.87. The van der Waals surface area contributed by atoms with Gasteiger partial charge in [-0.2, -0.15) is 0 Å². The van der Waals surface area contributed by atoms with Crippen LogP contribution in [0.4, 0.5) is 5.69 Å². The summed E-state index contributed by atoms with van der Waals surface area (Å²) in [6.07, 6.45) is 3.41. The van der Waals surface area contributed by atoms with E-state index in [2.05, 4.69) is 4.72 Å². The second-order valence-corrected chi connectivity index (χ2v) is 9.87. The van der Waals surface area contributed by atoms with Crippen molar-refractivity contribution in [2.45, 2.75) is 44.0 Å². The van der Waals surface area contributed by atoms with Gasteiger partial charge in [0.05, 0.1) is 25.5 Å². The second kappa shape index (κ2) is 8.34. The first-order valence-electron chi connectivity index (χ1n) is 10.4. The van der Waals surface area contributed by atoms with Gasteiger partial charge in [-0.1, -0.05) is 36.6 Å². The molecule has 2 fully saturated rings. The summed E-state index contributed by atoms with van der Waals surface area (Å²) < 4.78 is 33.9. The monoisotopic (exact) mass is 442 g/mol. The van der Waals surface area contributed by atoms with Crippen LogP contribution < -0.4 is 9.46 Å². The maximum atomic E-state index is 13.1. The number of hydrogen-bond donors (Lipinski definition) is 1. The largest absolute Gasteiger partial charge is 0.495 e. The van der Waals surface area contributed by atoms with Crippen LogP contribution in [0.5, 0.6) is 5.75 Å². The fourth-order valence-corrected chi connectivity index (χ4v) is 5.71. The highest BCUT2D eigenvalue weighted by atomic mass is 32.2. The van der Waals surface area contributed by atoms with E-state index in [1.807, 2.05) is 19.1 Å². The summed E-state index contributed by atoms with van der Waals surface area (Å²) in [5, 5.41) is 0. The maximum absolute atomic E-state index is 13.1. The van der Waals surface area contributed by atoms with Crippen molar-refractivity contribution in [3.05, 3.63) is 53.6 Å². The number of anilines is 1. The number of imide groups is 1. The van der Waals surface area contributed by atoms with E-state index >= 15 is 0 Å². The molecule has 0 aromatic heterocycles. The highest BCUT2D eigenvalue weighted by molar-refractivity contribution is 7.92. The normalized spacial score (nSPS) is 21.2. The van der Waals surface area contributed by atoms with Crippen molar-refractivity contribution in [1.29, 1.82) is 0 Å². The molecule has 1 N–H and O–H groups in total. The van der Waals surface area contributed by atoms with Crippen molar-refractivity contribution < 1.29 is 22.7 Å². The number of nitrogens with one attached hydrogen (secondary N) is 1. The molecule has 164 valence electrons. The van der Waals surface area contributed by atoms with Crippen LogP contribution >= 0.6 is 0 Å². The third-order valence-corrected chi connectivity index (χ3v) is 7.50. The molecule has 2 aliphatic rings. The number of hydrogen-bond acceptors (Lipinski definition) is 5. The number of sulfonamides is 1. The Morgan fingerprint density at radius 1 is 1.00 bits per heavy atom. The van der Waals surface area contributed by atoms with Crippen molar-refractivity contribution in [2.75, 3.05) is 11.8 Å². The fourth-order valence-electron chi connectivity index (χ4n) is 4.43. The number of rotatable bonds is 6. The average Bonchev–Trinajstić information content (AvgIpc) is 3.00. The van der Waals surface area contributed by atoms with E-state index in [0.29, 0.717) is 11.3 Å². The van der Waals surface area contributed by atoms with Gasteiger partial charge in [-0.05, 0) is 49.6 Å². The number of nitrogens with zero attached hydrogens (tertiary/aromatic N) is 1. The molecule has 2 aromatic rings. The molecule has 8 heteroatoms. The van der Waals surface area contributed by atoms with E-state index in [1.54, 1.807) is 24.3 Å². The third-order valence-electron chi connectivity index (χ3n) is 6.09. The summed E-state index contributed by atoms with van der Waals surface area (Å²) in [4.78, 5) is 26.8. The second-order valence-electron chi connectivity index (χ2n) is 8.22. The molecule has 1 aliphatic heterocycles. The molecule has 31 heavy (non-hydrogen) atoms. The number of methoxy groups -OCH3 is 1. The molecule has 2 atom stereocenters. The zero-order valence-electron chi connectivity index (χ0n) is 17.6. The lowest BCUT2D eigenvalue weighted by Gasteiger charge is -2.19. The minimum atomic E-state index is -3.94. The Morgan fingerprint density at radius 2 is 1.61 bits per heavy atom. The van der Waals surface area contributed by atoms with Crippen LogP contribution in [0.25, 0.3) is 0 Å². The smallest absolute Gasteiger partial charge is 0.265 e. The van der Waals surface area contributed by atoms with E-state index in [-0.39, 0.29) is 40.8 Å². The minimum Gasteiger partial charge on any atom is -0.495 e. The molecule has 2 aromatic carbocycles. The van der Waals surface area contributed by atoms with Crippen LogP contribution in [0.2, 0.25) is 0 Å². The lowest BCUT2D eigenvalue weighted by molar-refractivity contribution is -0.140. The molecule has 7 nitrogen and oxygen atoms in total. The first kappa shape index (κ1) is 21.4. The topological polar surface area (TPSA) is 92.8 Å². The van der Waals surface area contributed by atoms with E-state index in [4.69, 9.17) is 4.74 Å². The lowest BCUT2D eigenvalue weighted by atomic mass is 9.81. The van der Waals surface area contributed by atoms with Crippen molar-refractivity contribution in [3.8, 4) is 5.75 Å². The van der Waals surface area contributed by atoms with Gasteiger partial charge in [0.2, 0.25) is 11.8 Å². The molecular weight excluding hydrogens is 416 g/mol. The quantitative estimate of drug-likeness (QED) is 0.692. The summed E-state index contributed by atoms with van der Waals surface area (Å²) >= 11 is 0. The van der Waals surface area contributed by atoms with Gasteiger partial charge in [-0.15, -0.1) is 0 Å². The van der Waals surface area contributed by atoms with Gasteiger partial charge >= 0.3 is 0 Å². The molecule has 1 saturated heterocycles. The average molecular weight is 443 g/mol. The molecule has 1 heterocycles. The molecule has 2 amide bonds. The van der Waals surface area contributed by atoms with E-state index < -0.39 is 10.0 Å². The summed E-state index contributed by atoms with van der Waals surface area (Å²) in [6.45, 7) is 1.98. The Bertz CT molecular complexity index is 1090. The van der Waals surface area contributed by atoms with Gasteiger partial charge in [0.1, 0.15) is 10.6 Å². The number of aryl methyl sites for hydroxylation is 1. The summed E-state index contributed by atoms with van der Waals surface area (Å²) in [7, 11) is -2.54. The Labute approximate surface area is 182 Å². The van der Waals surface area contributed by atoms with Crippen LogP contribution in [0, 0.1) is 18.8 Å². The Morgan fingerprint density at radius 3 is 2.19 bits per heavy atom. The van der Waals surface area contributed by atoms with Gasteiger partial charge in [0.25, 0.3) is 10.0 Å². The van der Waals surface area contributed by atoms with Crippen LogP contribution in [0.1, 0.15) is 36.8 Å². The molecule has 0 radical (unpaired) electrons. The number of ether oxygens (including phenoxy) is 1. The predicted molar refractivity (Wildman–Crippen MR) is 116 cm³/mol. The first-order chi connectivity index (χ1) is 14.8. The third kappa shape index (κ3) is 4.17. The highest BCUT2D eigenvalue weighted by Crippen LogP contribution is 2.39. The van der Waals surface area contributed by atoms with Crippen molar-refractivity contribution in [2.24, 2.45) is 11.8 Å². The Kier molecular flexibility index (Phi) is 5.75. The molecule has 4 rings (SSSR count). The van der Waals surface area contributed by atoms with Crippen LogP contribution in [0.15, 0.2) is 47.4 Å². The predicted octanol–water partition coefficient (Wildman–Crippen LogP) is 3.48. The SMILES string of the molecule is COc1ccc(CN2C(=O)C3CCCCC3C2=O)cc1S(=O)(=O)Nc1ccc(C)cc1. The van der Waals surface area contributed by atoms with E-state index in [1.165, 1.54) is 18.1 Å². The molecule has 0 spiro atoms. The first-order valence-corrected chi connectivity index (χ1v) is 11.9. The van der Waals surface area contributed by atoms with Crippen LogP contribution in [-0.4, -0.2) is 32.2 Å². The maximum Gasteiger partial charge on any atom is 0.265 e. The van der Waals surface area contributed by atoms with Crippen LogP contribution in [-0.2, 0) is 26.2 Å². The van der Waals surface area contributed by atoms with Gasteiger partial charge in [-0.25, -0.2) is 8.42 Å². The number of benzene rings is 2. The van der Waals surface area contributed by atoms with Crippen LogP contribution in [0.3, 0.4) is 0 Å². The fraction of sp³-hybridized carbons (Fsp3) is 0.391. The zero-order valence-corrected chi connectivity index (χ0v) is 18.4. The standard InChI is InChI=1S/C23H26N2O5S/c1-15-7-10-17(11-8-15)24-31(28,29)21-13-16(9-12-20(21)30-2)14-25-22(26)18-5-3-4-6-19(18)23(25)27/h7-13,18-19,24H,3-6,14H2,1-2H3. The number of likely N-dealkylation sites (tertiary alicyclic amines) is 1.